The Hall–Kier alpha value is -1.99. The predicted octanol–water partition coefficient (Wildman–Crippen LogP) is 5.89. The molecule has 0 amide bonds. The zero-order valence-corrected chi connectivity index (χ0v) is 22.0. The molecule has 0 saturated carbocycles. The van der Waals surface area contributed by atoms with Crippen molar-refractivity contribution in [2.75, 3.05) is 32.7 Å². The molecule has 186 valence electrons. The fourth-order valence-electron chi connectivity index (χ4n) is 5.86. The van der Waals surface area contributed by atoms with Crippen LogP contribution in [0.4, 0.5) is 0 Å². The van der Waals surface area contributed by atoms with Crippen LogP contribution in [0.3, 0.4) is 0 Å². The van der Waals surface area contributed by atoms with Crippen LogP contribution in [0.1, 0.15) is 42.7 Å². The molecule has 2 fully saturated rings. The van der Waals surface area contributed by atoms with E-state index in [0.29, 0.717) is 23.2 Å². The van der Waals surface area contributed by atoms with Crippen molar-refractivity contribution in [3.8, 4) is 0 Å². The van der Waals surface area contributed by atoms with Gasteiger partial charge in [-0.3, -0.25) is 0 Å². The molecule has 3 heterocycles. The van der Waals surface area contributed by atoms with Gasteiger partial charge in [0.1, 0.15) is 4.21 Å². The van der Waals surface area contributed by atoms with Crippen LogP contribution in [-0.4, -0.2) is 50.3 Å². The van der Waals surface area contributed by atoms with E-state index in [9.17, 15) is 8.42 Å². The Kier molecular flexibility index (Phi) is 8.03. The highest BCUT2D eigenvalue weighted by Gasteiger charge is 2.41. The lowest BCUT2D eigenvalue weighted by molar-refractivity contribution is 0.154. The summed E-state index contributed by atoms with van der Waals surface area (Å²) in [6.45, 7) is 4.42. The maximum Gasteiger partial charge on any atom is 0.252 e. The van der Waals surface area contributed by atoms with E-state index in [-0.39, 0.29) is 5.92 Å². The van der Waals surface area contributed by atoms with Gasteiger partial charge in [-0.2, -0.15) is 4.31 Å². The summed E-state index contributed by atoms with van der Waals surface area (Å²) < 4.78 is 28.8. The number of nitrogens with zero attached hydrogens (tertiary/aromatic N) is 2. The summed E-state index contributed by atoms with van der Waals surface area (Å²) in [6.07, 6.45) is 6.27. The second-order valence-electron chi connectivity index (χ2n) is 10.2. The number of aryl methyl sites for hydroxylation is 1. The van der Waals surface area contributed by atoms with E-state index >= 15 is 0 Å². The van der Waals surface area contributed by atoms with Gasteiger partial charge in [0.25, 0.3) is 10.0 Å². The standard InChI is InChI=1S/C29H36N2O2S2/c32-35(33,29-15-8-20-34-29)31-22-27(28(23-31)26-13-5-2-6-14-26)21-30-18-16-25(17-19-30)12-7-11-24-9-3-1-4-10-24/h1-6,8-10,13-15,20,25,27-28H,7,11-12,16-19,21-23H2/t27-,28+/m0/s1. The van der Waals surface area contributed by atoms with Gasteiger partial charge in [-0.05, 0) is 73.2 Å². The maximum atomic E-state index is 13.3. The Morgan fingerprint density at radius 2 is 1.57 bits per heavy atom. The summed E-state index contributed by atoms with van der Waals surface area (Å²) in [5.74, 6) is 1.38. The number of benzene rings is 2. The van der Waals surface area contributed by atoms with Crippen LogP contribution < -0.4 is 0 Å². The van der Waals surface area contributed by atoms with Gasteiger partial charge >= 0.3 is 0 Å². The van der Waals surface area contributed by atoms with E-state index in [2.05, 4.69) is 59.5 Å². The Morgan fingerprint density at radius 3 is 2.26 bits per heavy atom. The quantitative estimate of drug-likeness (QED) is 0.362. The molecule has 0 bridgehead atoms. The number of hydrogen-bond acceptors (Lipinski definition) is 4. The summed E-state index contributed by atoms with van der Waals surface area (Å²) in [7, 11) is -3.42. The molecule has 0 N–H and O–H groups in total. The van der Waals surface area contributed by atoms with Crippen molar-refractivity contribution in [2.45, 2.75) is 42.2 Å². The molecule has 2 aromatic carbocycles. The van der Waals surface area contributed by atoms with E-state index in [4.69, 9.17) is 0 Å². The van der Waals surface area contributed by atoms with E-state index in [1.54, 1.807) is 10.4 Å². The van der Waals surface area contributed by atoms with Crippen molar-refractivity contribution in [2.24, 2.45) is 11.8 Å². The number of likely N-dealkylation sites (tertiary alicyclic amines) is 1. The van der Waals surface area contributed by atoms with Crippen LogP contribution in [-0.2, 0) is 16.4 Å². The van der Waals surface area contributed by atoms with Crippen LogP contribution >= 0.6 is 11.3 Å². The molecule has 2 aliphatic heterocycles. The first-order valence-electron chi connectivity index (χ1n) is 12.9. The Labute approximate surface area is 214 Å². The van der Waals surface area contributed by atoms with Crippen LogP contribution in [0, 0.1) is 11.8 Å². The van der Waals surface area contributed by atoms with Gasteiger partial charge in [-0.1, -0.05) is 73.2 Å². The summed E-state index contributed by atoms with van der Waals surface area (Å²) in [5.41, 5.74) is 2.71. The highest BCUT2D eigenvalue weighted by Crippen LogP contribution is 2.37. The highest BCUT2D eigenvalue weighted by molar-refractivity contribution is 7.91. The molecule has 35 heavy (non-hydrogen) atoms. The Morgan fingerprint density at radius 1 is 0.857 bits per heavy atom. The molecule has 6 heteroatoms. The molecule has 0 unspecified atom stereocenters. The summed E-state index contributed by atoms with van der Waals surface area (Å²) in [4.78, 5) is 2.59. The predicted molar refractivity (Wildman–Crippen MR) is 144 cm³/mol. The Balaban J connectivity index is 1.18. The van der Waals surface area contributed by atoms with Crippen LogP contribution in [0.15, 0.2) is 82.4 Å². The smallest absolute Gasteiger partial charge is 0.252 e. The van der Waals surface area contributed by atoms with Crippen LogP contribution in [0.2, 0.25) is 0 Å². The molecule has 0 aliphatic carbocycles. The molecule has 2 atom stereocenters. The fourth-order valence-corrected chi connectivity index (χ4v) is 8.52. The zero-order chi connectivity index (χ0) is 24.1. The van der Waals surface area contributed by atoms with Gasteiger partial charge < -0.3 is 4.90 Å². The molecule has 4 nitrogen and oxygen atoms in total. The van der Waals surface area contributed by atoms with Gasteiger partial charge in [0.15, 0.2) is 0 Å². The molecule has 0 radical (unpaired) electrons. The fraction of sp³-hybridized carbons (Fsp3) is 0.448. The summed E-state index contributed by atoms with van der Waals surface area (Å²) >= 11 is 1.32. The molecule has 2 saturated heterocycles. The second kappa shape index (κ2) is 11.4. The number of rotatable bonds is 9. The first-order valence-corrected chi connectivity index (χ1v) is 15.3. The lowest BCUT2D eigenvalue weighted by Gasteiger charge is -2.34. The van der Waals surface area contributed by atoms with Gasteiger partial charge in [0.05, 0.1) is 0 Å². The molecular formula is C29H36N2O2S2. The number of sulfonamides is 1. The van der Waals surface area contributed by atoms with E-state index in [0.717, 1.165) is 25.6 Å². The molecule has 3 aromatic rings. The van der Waals surface area contributed by atoms with Crippen molar-refractivity contribution in [1.82, 2.24) is 9.21 Å². The third-order valence-electron chi connectivity index (χ3n) is 7.84. The van der Waals surface area contributed by atoms with E-state index in [1.807, 2.05) is 17.5 Å². The number of piperidine rings is 1. The monoisotopic (exact) mass is 508 g/mol. The van der Waals surface area contributed by atoms with Gasteiger partial charge in [-0.15, -0.1) is 11.3 Å². The van der Waals surface area contributed by atoms with Gasteiger partial charge in [0.2, 0.25) is 0 Å². The van der Waals surface area contributed by atoms with Crippen LogP contribution in [0.5, 0.6) is 0 Å². The minimum absolute atomic E-state index is 0.245. The van der Waals surface area contributed by atoms with Crippen molar-refractivity contribution >= 4 is 21.4 Å². The van der Waals surface area contributed by atoms with Crippen molar-refractivity contribution < 1.29 is 8.42 Å². The SMILES string of the molecule is O=S(=O)(c1cccs1)N1C[C@H](CN2CCC(CCCc3ccccc3)CC2)[C@@H](c2ccccc2)C1. The van der Waals surface area contributed by atoms with E-state index in [1.165, 1.54) is 54.6 Å². The normalized spacial score (nSPS) is 22.5. The third-order valence-corrected chi connectivity index (χ3v) is 11.0. The van der Waals surface area contributed by atoms with E-state index < -0.39 is 10.0 Å². The average Bonchev–Trinajstić information content (AvgIpc) is 3.58. The third kappa shape index (κ3) is 6.05. The maximum absolute atomic E-state index is 13.3. The first kappa shape index (κ1) is 24.7. The molecular weight excluding hydrogens is 472 g/mol. The second-order valence-corrected chi connectivity index (χ2v) is 13.3. The highest BCUT2D eigenvalue weighted by atomic mass is 32.2. The lowest BCUT2D eigenvalue weighted by Crippen LogP contribution is -2.39. The molecule has 0 spiro atoms. The van der Waals surface area contributed by atoms with Gasteiger partial charge in [0, 0.05) is 25.6 Å². The summed E-state index contributed by atoms with van der Waals surface area (Å²) in [6, 6.07) is 24.9. The molecule has 1 aromatic heterocycles. The first-order chi connectivity index (χ1) is 17.1. The zero-order valence-electron chi connectivity index (χ0n) is 20.3. The van der Waals surface area contributed by atoms with Crippen molar-refractivity contribution in [3.63, 3.8) is 0 Å². The van der Waals surface area contributed by atoms with Crippen molar-refractivity contribution in [1.29, 1.82) is 0 Å². The van der Waals surface area contributed by atoms with Crippen LogP contribution in [0.25, 0.3) is 0 Å². The Bertz CT molecular complexity index is 1140. The van der Waals surface area contributed by atoms with Crippen molar-refractivity contribution in [3.05, 3.63) is 89.3 Å². The topological polar surface area (TPSA) is 40.6 Å². The minimum Gasteiger partial charge on any atom is -0.303 e. The number of hydrogen-bond donors (Lipinski definition) is 0. The average molecular weight is 509 g/mol. The van der Waals surface area contributed by atoms with Gasteiger partial charge in [-0.25, -0.2) is 8.42 Å². The molecule has 5 rings (SSSR count). The largest absolute Gasteiger partial charge is 0.303 e. The molecule has 2 aliphatic rings. The lowest BCUT2D eigenvalue weighted by atomic mass is 9.87. The summed E-state index contributed by atoms with van der Waals surface area (Å²) in [5, 5.41) is 1.85. The minimum atomic E-state index is -3.42. The number of thiophene rings is 1.